The fourth-order valence-corrected chi connectivity index (χ4v) is 4.38. The van der Waals surface area contributed by atoms with Gasteiger partial charge in [-0.05, 0) is 31.7 Å². The van der Waals surface area contributed by atoms with E-state index in [-0.39, 0.29) is 12.6 Å². The lowest BCUT2D eigenvalue weighted by Gasteiger charge is -2.27. The summed E-state index contributed by atoms with van der Waals surface area (Å²) in [7, 11) is 0. The Kier molecular flexibility index (Phi) is 6.07. The zero-order valence-corrected chi connectivity index (χ0v) is 16.7. The first-order chi connectivity index (χ1) is 13.7. The van der Waals surface area contributed by atoms with Crippen molar-refractivity contribution in [1.29, 1.82) is 0 Å². The Balaban J connectivity index is 1.44. The monoisotopic (exact) mass is 381 g/mol. The summed E-state index contributed by atoms with van der Waals surface area (Å²) >= 11 is 0. The number of nitrogens with zero attached hydrogens (tertiary/aromatic N) is 5. The fourth-order valence-electron chi connectivity index (χ4n) is 4.38. The van der Waals surface area contributed by atoms with Gasteiger partial charge in [-0.1, -0.05) is 30.3 Å². The predicted octanol–water partition coefficient (Wildman–Crippen LogP) is 2.54. The van der Waals surface area contributed by atoms with E-state index in [0.29, 0.717) is 6.04 Å². The molecule has 2 aliphatic heterocycles. The van der Waals surface area contributed by atoms with Gasteiger partial charge >= 0.3 is 0 Å². The summed E-state index contributed by atoms with van der Waals surface area (Å²) < 4.78 is 0. The molecule has 0 spiro atoms. The van der Waals surface area contributed by atoms with Gasteiger partial charge in [-0.25, -0.2) is 9.97 Å². The van der Waals surface area contributed by atoms with E-state index in [2.05, 4.69) is 68.0 Å². The van der Waals surface area contributed by atoms with E-state index in [1.807, 2.05) is 0 Å². The highest BCUT2D eigenvalue weighted by atomic mass is 16.3. The van der Waals surface area contributed by atoms with Gasteiger partial charge in [0.15, 0.2) is 0 Å². The Morgan fingerprint density at radius 2 is 1.82 bits per heavy atom. The van der Waals surface area contributed by atoms with Crippen LogP contribution in [-0.4, -0.2) is 64.8 Å². The molecule has 1 aromatic carbocycles. The third-order valence-electron chi connectivity index (χ3n) is 6.17. The molecule has 2 aliphatic rings. The SMILES string of the molecule is CC1CCN(c2cc(N3CCCC3CO)ncn2)CCN1Cc1ccccc1. The first kappa shape index (κ1) is 19.2. The van der Waals surface area contributed by atoms with Crippen LogP contribution in [0.4, 0.5) is 11.6 Å². The Labute approximate surface area is 167 Å². The van der Waals surface area contributed by atoms with Crippen LogP contribution in [-0.2, 0) is 6.54 Å². The largest absolute Gasteiger partial charge is 0.394 e. The van der Waals surface area contributed by atoms with E-state index < -0.39 is 0 Å². The molecular weight excluding hydrogens is 350 g/mol. The molecule has 1 aromatic heterocycles. The summed E-state index contributed by atoms with van der Waals surface area (Å²) in [4.78, 5) is 16.2. The van der Waals surface area contributed by atoms with E-state index in [1.165, 1.54) is 5.56 Å². The second kappa shape index (κ2) is 8.88. The number of aromatic nitrogens is 2. The van der Waals surface area contributed by atoms with Crippen molar-refractivity contribution in [2.24, 2.45) is 0 Å². The van der Waals surface area contributed by atoms with Crippen LogP contribution in [0.3, 0.4) is 0 Å². The lowest BCUT2D eigenvalue weighted by atomic mass is 10.1. The van der Waals surface area contributed by atoms with Gasteiger partial charge in [-0.15, -0.1) is 0 Å². The smallest absolute Gasteiger partial charge is 0.134 e. The van der Waals surface area contributed by atoms with E-state index >= 15 is 0 Å². The summed E-state index contributed by atoms with van der Waals surface area (Å²) in [6.45, 7) is 7.48. The van der Waals surface area contributed by atoms with E-state index in [1.54, 1.807) is 6.33 Å². The Hall–Kier alpha value is -2.18. The number of benzene rings is 1. The summed E-state index contributed by atoms with van der Waals surface area (Å²) in [5, 5.41) is 9.63. The maximum Gasteiger partial charge on any atom is 0.134 e. The molecule has 2 aromatic rings. The minimum Gasteiger partial charge on any atom is -0.394 e. The van der Waals surface area contributed by atoms with Crippen LogP contribution >= 0.6 is 0 Å². The van der Waals surface area contributed by atoms with Crippen LogP contribution in [0.15, 0.2) is 42.7 Å². The van der Waals surface area contributed by atoms with Gasteiger partial charge in [0.2, 0.25) is 0 Å². The van der Waals surface area contributed by atoms with Crippen molar-refractivity contribution >= 4 is 11.6 Å². The van der Waals surface area contributed by atoms with Crippen LogP contribution in [0, 0.1) is 0 Å². The Morgan fingerprint density at radius 3 is 2.64 bits per heavy atom. The molecule has 2 saturated heterocycles. The van der Waals surface area contributed by atoms with Crippen LogP contribution < -0.4 is 9.80 Å². The topological polar surface area (TPSA) is 55.7 Å². The van der Waals surface area contributed by atoms with Crippen molar-refractivity contribution in [3.05, 3.63) is 48.3 Å². The predicted molar refractivity (Wildman–Crippen MR) is 113 cm³/mol. The van der Waals surface area contributed by atoms with Gasteiger partial charge in [0.25, 0.3) is 0 Å². The molecular formula is C22H31N5O. The normalized spacial score (nSPS) is 23.8. The quantitative estimate of drug-likeness (QED) is 0.859. The molecule has 3 heterocycles. The minimum absolute atomic E-state index is 0.188. The third-order valence-corrected chi connectivity index (χ3v) is 6.17. The van der Waals surface area contributed by atoms with Gasteiger partial charge in [0.1, 0.15) is 18.0 Å². The Bertz CT molecular complexity index is 756. The lowest BCUT2D eigenvalue weighted by molar-refractivity contribution is 0.212. The first-order valence-electron chi connectivity index (χ1n) is 10.5. The van der Waals surface area contributed by atoms with Gasteiger partial charge < -0.3 is 14.9 Å². The highest BCUT2D eigenvalue weighted by molar-refractivity contribution is 5.51. The average Bonchev–Trinajstić information content (AvgIpc) is 3.15. The lowest BCUT2D eigenvalue weighted by Crippen LogP contribution is -2.35. The summed E-state index contributed by atoms with van der Waals surface area (Å²) in [5.41, 5.74) is 1.37. The maximum absolute atomic E-state index is 9.63. The van der Waals surface area contributed by atoms with Gasteiger partial charge in [-0.3, -0.25) is 4.90 Å². The molecule has 2 unspecified atom stereocenters. The molecule has 0 bridgehead atoms. The molecule has 4 rings (SSSR count). The molecule has 2 fully saturated rings. The molecule has 0 saturated carbocycles. The summed E-state index contributed by atoms with van der Waals surface area (Å²) in [6.07, 6.45) is 4.94. The molecule has 0 aliphatic carbocycles. The zero-order valence-electron chi connectivity index (χ0n) is 16.7. The van der Waals surface area contributed by atoms with Gasteiger partial charge in [0.05, 0.1) is 12.6 Å². The van der Waals surface area contributed by atoms with Crippen LogP contribution in [0.25, 0.3) is 0 Å². The van der Waals surface area contributed by atoms with E-state index in [9.17, 15) is 5.11 Å². The molecule has 6 heteroatoms. The maximum atomic E-state index is 9.63. The third kappa shape index (κ3) is 4.28. The number of aliphatic hydroxyl groups excluding tert-OH is 1. The van der Waals surface area contributed by atoms with Crippen molar-refractivity contribution in [3.8, 4) is 0 Å². The average molecular weight is 382 g/mol. The molecule has 28 heavy (non-hydrogen) atoms. The second-order valence-corrected chi connectivity index (χ2v) is 7.99. The van der Waals surface area contributed by atoms with Crippen LogP contribution in [0.1, 0.15) is 31.7 Å². The van der Waals surface area contributed by atoms with E-state index in [0.717, 1.165) is 63.6 Å². The highest BCUT2D eigenvalue weighted by Crippen LogP contribution is 2.26. The van der Waals surface area contributed by atoms with Gasteiger partial charge in [-0.2, -0.15) is 0 Å². The van der Waals surface area contributed by atoms with Crippen LogP contribution in [0.5, 0.6) is 0 Å². The fraction of sp³-hybridized carbons (Fsp3) is 0.545. The number of anilines is 2. The van der Waals surface area contributed by atoms with E-state index in [4.69, 9.17) is 0 Å². The standard InChI is InChI=1S/C22H31N5O/c1-18-9-11-25(12-13-26(18)15-19-6-3-2-4-7-19)21-14-22(24-17-23-21)27-10-5-8-20(27)16-28/h2-4,6-7,14,17-18,20,28H,5,8-13,15-16H2,1H3. The number of hydrogen-bond acceptors (Lipinski definition) is 6. The molecule has 0 radical (unpaired) electrons. The molecule has 150 valence electrons. The number of hydrogen-bond donors (Lipinski definition) is 1. The zero-order chi connectivity index (χ0) is 19.3. The van der Waals surface area contributed by atoms with Crippen molar-refractivity contribution in [2.75, 3.05) is 42.6 Å². The van der Waals surface area contributed by atoms with Crippen molar-refractivity contribution < 1.29 is 5.11 Å². The number of aliphatic hydroxyl groups is 1. The highest BCUT2D eigenvalue weighted by Gasteiger charge is 2.26. The molecule has 0 amide bonds. The van der Waals surface area contributed by atoms with Crippen LogP contribution in [0.2, 0.25) is 0 Å². The number of rotatable bonds is 5. The summed E-state index contributed by atoms with van der Waals surface area (Å²) in [5.74, 6) is 1.95. The molecule has 6 nitrogen and oxygen atoms in total. The summed E-state index contributed by atoms with van der Waals surface area (Å²) in [6, 6.07) is 13.6. The van der Waals surface area contributed by atoms with Gasteiger partial charge in [0, 0.05) is 44.8 Å². The molecule has 1 N–H and O–H groups in total. The first-order valence-corrected chi connectivity index (χ1v) is 10.5. The van der Waals surface area contributed by atoms with Crippen molar-refractivity contribution in [2.45, 2.75) is 44.8 Å². The molecule has 2 atom stereocenters. The minimum atomic E-state index is 0.188. The second-order valence-electron chi connectivity index (χ2n) is 7.99. The van der Waals surface area contributed by atoms with Crippen molar-refractivity contribution in [1.82, 2.24) is 14.9 Å². The van der Waals surface area contributed by atoms with Crippen molar-refractivity contribution in [3.63, 3.8) is 0 Å². The Morgan fingerprint density at radius 1 is 1.00 bits per heavy atom.